The van der Waals surface area contributed by atoms with Gasteiger partial charge in [-0.1, -0.05) is 6.07 Å². The zero-order valence-electron chi connectivity index (χ0n) is 10.7. The number of hydrogen-bond donors (Lipinski definition) is 0. The number of ether oxygens (including phenoxy) is 2. The molecule has 5 heteroatoms. The average Bonchev–Trinajstić information content (AvgIpc) is 3.10. The minimum absolute atomic E-state index is 0.206. The van der Waals surface area contributed by atoms with Crippen molar-refractivity contribution in [1.29, 1.82) is 0 Å². The fraction of sp³-hybridized carbons (Fsp3) is 0.0667. The van der Waals surface area contributed by atoms with E-state index in [9.17, 15) is 4.79 Å². The highest BCUT2D eigenvalue weighted by Crippen LogP contribution is 2.21. The number of nitrogens with zero attached hydrogens (tertiary/aromatic N) is 1. The second-order valence-corrected chi connectivity index (χ2v) is 4.08. The van der Waals surface area contributed by atoms with Crippen molar-refractivity contribution in [1.82, 2.24) is 0 Å². The molecule has 20 heavy (non-hydrogen) atoms. The fourth-order valence-electron chi connectivity index (χ4n) is 1.80. The molecule has 0 atom stereocenters. The maximum Gasteiger partial charge on any atom is 0.363 e. The van der Waals surface area contributed by atoms with Gasteiger partial charge in [0.1, 0.15) is 11.5 Å². The first-order valence-corrected chi connectivity index (χ1v) is 5.97. The third-order valence-corrected chi connectivity index (χ3v) is 2.76. The molecule has 0 saturated heterocycles. The highest BCUT2D eigenvalue weighted by molar-refractivity contribution is 6.12. The Morgan fingerprint density at radius 2 is 2.15 bits per heavy atom. The fourth-order valence-corrected chi connectivity index (χ4v) is 1.80. The van der Waals surface area contributed by atoms with Crippen LogP contribution in [0.1, 0.15) is 11.3 Å². The van der Waals surface area contributed by atoms with E-state index in [0.29, 0.717) is 17.1 Å². The molecule has 3 rings (SSSR count). The second kappa shape index (κ2) is 5.05. The van der Waals surface area contributed by atoms with Crippen molar-refractivity contribution in [2.45, 2.75) is 0 Å². The number of methoxy groups -OCH3 is 1. The van der Waals surface area contributed by atoms with Crippen molar-refractivity contribution in [2.75, 3.05) is 7.11 Å². The lowest BCUT2D eigenvalue weighted by Crippen LogP contribution is -2.05. The molecule has 0 unspecified atom stereocenters. The van der Waals surface area contributed by atoms with Crippen LogP contribution in [0.2, 0.25) is 0 Å². The van der Waals surface area contributed by atoms with E-state index in [1.54, 1.807) is 43.5 Å². The molecule has 5 nitrogen and oxygen atoms in total. The van der Waals surface area contributed by atoms with Crippen molar-refractivity contribution in [3.8, 4) is 5.75 Å². The Balaban J connectivity index is 1.93. The van der Waals surface area contributed by atoms with E-state index >= 15 is 0 Å². The highest BCUT2D eigenvalue weighted by Gasteiger charge is 2.24. The number of furan rings is 1. The molecule has 100 valence electrons. The average molecular weight is 269 g/mol. The second-order valence-electron chi connectivity index (χ2n) is 4.08. The van der Waals surface area contributed by atoms with Gasteiger partial charge in [0, 0.05) is 11.6 Å². The summed E-state index contributed by atoms with van der Waals surface area (Å²) in [4.78, 5) is 15.9. The third-order valence-electron chi connectivity index (χ3n) is 2.76. The Labute approximate surface area is 115 Å². The van der Waals surface area contributed by atoms with Crippen LogP contribution < -0.4 is 4.74 Å². The van der Waals surface area contributed by atoms with Crippen LogP contribution in [0.3, 0.4) is 0 Å². The van der Waals surface area contributed by atoms with Gasteiger partial charge in [0.2, 0.25) is 5.90 Å². The summed E-state index contributed by atoms with van der Waals surface area (Å²) in [6.45, 7) is 0. The maximum atomic E-state index is 11.8. The number of carbonyl (C=O) groups excluding carboxylic acids is 1. The first-order valence-electron chi connectivity index (χ1n) is 5.97. The molecule has 0 saturated carbocycles. The van der Waals surface area contributed by atoms with E-state index in [4.69, 9.17) is 13.9 Å². The molecule has 0 spiro atoms. The minimum Gasteiger partial charge on any atom is -0.497 e. The van der Waals surface area contributed by atoms with Gasteiger partial charge in [0.25, 0.3) is 0 Å². The molecule has 2 heterocycles. The molecule has 0 bridgehead atoms. The van der Waals surface area contributed by atoms with Crippen LogP contribution >= 0.6 is 0 Å². The lowest BCUT2D eigenvalue weighted by Gasteiger charge is -2.02. The Hall–Kier alpha value is -2.82. The van der Waals surface area contributed by atoms with Crippen molar-refractivity contribution >= 4 is 17.9 Å². The number of hydrogen-bond acceptors (Lipinski definition) is 5. The standard InChI is InChI=1S/C15H11NO4/c1-18-11-5-2-4-10(8-11)14-16-13(15(17)20-14)9-12-6-3-7-19-12/h2-9H,1H3. The molecule has 2 aromatic rings. The number of aliphatic imine (C=N–C) groups is 1. The Morgan fingerprint density at radius 1 is 1.25 bits per heavy atom. The van der Waals surface area contributed by atoms with Crippen LogP contribution in [0.15, 0.2) is 57.8 Å². The number of carbonyl (C=O) groups is 1. The third kappa shape index (κ3) is 2.33. The monoisotopic (exact) mass is 269 g/mol. The van der Waals surface area contributed by atoms with Gasteiger partial charge in [-0.15, -0.1) is 0 Å². The van der Waals surface area contributed by atoms with Crippen molar-refractivity contribution in [3.63, 3.8) is 0 Å². The molecule has 1 aromatic carbocycles. The summed E-state index contributed by atoms with van der Waals surface area (Å²) in [5.74, 6) is 0.975. The van der Waals surface area contributed by atoms with Crippen LogP contribution in [0.5, 0.6) is 5.75 Å². The van der Waals surface area contributed by atoms with Gasteiger partial charge in [-0.05, 0) is 30.3 Å². The Bertz CT molecular complexity index is 698. The van der Waals surface area contributed by atoms with E-state index < -0.39 is 5.97 Å². The van der Waals surface area contributed by atoms with Gasteiger partial charge in [-0.2, -0.15) is 0 Å². The number of rotatable bonds is 3. The van der Waals surface area contributed by atoms with Gasteiger partial charge in [0.15, 0.2) is 5.70 Å². The van der Waals surface area contributed by atoms with E-state index in [2.05, 4.69) is 4.99 Å². The topological polar surface area (TPSA) is 61.0 Å². The van der Waals surface area contributed by atoms with E-state index in [0.717, 1.165) is 0 Å². The van der Waals surface area contributed by atoms with E-state index in [-0.39, 0.29) is 11.6 Å². The molecule has 0 radical (unpaired) electrons. The number of cyclic esters (lactones) is 1. The highest BCUT2D eigenvalue weighted by atomic mass is 16.6. The first-order chi connectivity index (χ1) is 9.76. The molecule has 1 aliphatic rings. The van der Waals surface area contributed by atoms with Gasteiger partial charge < -0.3 is 13.9 Å². The normalized spacial score (nSPS) is 16.1. The summed E-state index contributed by atoms with van der Waals surface area (Å²) in [6, 6.07) is 10.6. The summed E-state index contributed by atoms with van der Waals surface area (Å²) in [6.07, 6.45) is 3.06. The summed E-state index contributed by atoms with van der Waals surface area (Å²) >= 11 is 0. The molecule has 1 aromatic heterocycles. The van der Waals surface area contributed by atoms with Crippen LogP contribution in [-0.4, -0.2) is 19.0 Å². The quantitative estimate of drug-likeness (QED) is 0.634. The van der Waals surface area contributed by atoms with Crippen LogP contribution in [0, 0.1) is 0 Å². The van der Waals surface area contributed by atoms with Gasteiger partial charge >= 0.3 is 5.97 Å². The minimum atomic E-state index is -0.501. The lowest BCUT2D eigenvalue weighted by atomic mass is 10.2. The van der Waals surface area contributed by atoms with E-state index in [1.165, 1.54) is 12.3 Å². The van der Waals surface area contributed by atoms with Crippen LogP contribution in [0.25, 0.3) is 6.08 Å². The van der Waals surface area contributed by atoms with E-state index in [1.807, 2.05) is 0 Å². The summed E-state index contributed by atoms with van der Waals surface area (Å²) in [5.41, 5.74) is 0.887. The molecule has 0 aliphatic carbocycles. The molecule has 0 amide bonds. The Morgan fingerprint density at radius 3 is 2.90 bits per heavy atom. The maximum absolute atomic E-state index is 11.8. The molecular weight excluding hydrogens is 258 g/mol. The smallest absolute Gasteiger partial charge is 0.363 e. The van der Waals surface area contributed by atoms with Gasteiger partial charge in [-0.3, -0.25) is 0 Å². The summed E-state index contributed by atoms with van der Waals surface area (Å²) in [7, 11) is 1.57. The van der Waals surface area contributed by atoms with Crippen LogP contribution in [-0.2, 0) is 9.53 Å². The van der Waals surface area contributed by atoms with Crippen molar-refractivity contribution < 1.29 is 18.7 Å². The zero-order chi connectivity index (χ0) is 13.9. The number of benzene rings is 1. The van der Waals surface area contributed by atoms with Gasteiger partial charge in [-0.25, -0.2) is 9.79 Å². The van der Waals surface area contributed by atoms with Gasteiger partial charge in [0.05, 0.1) is 13.4 Å². The summed E-state index contributed by atoms with van der Waals surface area (Å²) < 4.78 is 15.4. The largest absolute Gasteiger partial charge is 0.497 e. The number of esters is 1. The predicted octanol–water partition coefficient (Wildman–Crippen LogP) is 2.63. The molecule has 0 N–H and O–H groups in total. The van der Waals surface area contributed by atoms with Crippen molar-refractivity contribution in [2.24, 2.45) is 4.99 Å². The SMILES string of the molecule is COc1cccc(C2=NC(=Cc3ccco3)C(=O)O2)c1. The van der Waals surface area contributed by atoms with Crippen LogP contribution in [0.4, 0.5) is 0 Å². The molecule has 1 aliphatic heterocycles. The Kier molecular flexibility index (Phi) is 3.09. The molecule has 0 fully saturated rings. The zero-order valence-corrected chi connectivity index (χ0v) is 10.7. The van der Waals surface area contributed by atoms with Crippen molar-refractivity contribution in [3.05, 3.63) is 59.7 Å². The predicted molar refractivity (Wildman–Crippen MR) is 72.3 cm³/mol. The molecular formula is C15H11NO4. The first kappa shape index (κ1) is 12.2. The lowest BCUT2D eigenvalue weighted by molar-refractivity contribution is -0.129. The summed E-state index contributed by atoms with van der Waals surface area (Å²) in [5, 5.41) is 0.